The average molecular weight is 479 g/mol. The number of aliphatic carboxylic acids is 1. The van der Waals surface area contributed by atoms with Gasteiger partial charge in [-0.15, -0.1) is 0 Å². The summed E-state index contributed by atoms with van der Waals surface area (Å²) in [6, 6.07) is 16.3. The number of carboxylic acids is 1. The topological polar surface area (TPSA) is 105 Å². The highest BCUT2D eigenvalue weighted by Crippen LogP contribution is 2.44. The summed E-state index contributed by atoms with van der Waals surface area (Å²) in [5, 5.41) is 14.8. The molecule has 7 heteroatoms. The van der Waals surface area contributed by atoms with Gasteiger partial charge in [0, 0.05) is 19.0 Å². The van der Waals surface area contributed by atoms with Gasteiger partial charge in [0.2, 0.25) is 5.91 Å². The molecule has 4 rings (SSSR count). The van der Waals surface area contributed by atoms with Crippen molar-refractivity contribution >= 4 is 18.0 Å². The van der Waals surface area contributed by atoms with E-state index in [1.807, 2.05) is 38.1 Å². The van der Waals surface area contributed by atoms with E-state index in [-0.39, 0.29) is 43.2 Å². The summed E-state index contributed by atoms with van der Waals surface area (Å²) in [4.78, 5) is 36.5. The second-order valence-corrected chi connectivity index (χ2v) is 10.00. The number of carboxylic acid groups (broad SMARTS) is 1. The van der Waals surface area contributed by atoms with Crippen LogP contribution >= 0.6 is 0 Å². The van der Waals surface area contributed by atoms with Gasteiger partial charge in [-0.05, 0) is 52.8 Å². The molecule has 7 nitrogen and oxygen atoms in total. The lowest BCUT2D eigenvalue weighted by atomic mass is 9.94. The number of benzene rings is 2. The van der Waals surface area contributed by atoms with Crippen LogP contribution in [0.4, 0.5) is 4.79 Å². The Morgan fingerprint density at radius 3 is 2.09 bits per heavy atom. The minimum atomic E-state index is -0.839. The molecule has 2 aromatic rings. The zero-order valence-electron chi connectivity index (χ0n) is 20.3. The van der Waals surface area contributed by atoms with Gasteiger partial charge in [0.1, 0.15) is 6.61 Å². The van der Waals surface area contributed by atoms with Gasteiger partial charge in [-0.2, -0.15) is 0 Å². The summed E-state index contributed by atoms with van der Waals surface area (Å²) in [6.45, 7) is 4.59. The number of nitrogens with one attached hydrogen (secondary N) is 2. The molecule has 2 aromatic carbocycles. The van der Waals surface area contributed by atoms with Gasteiger partial charge < -0.3 is 20.5 Å². The second-order valence-electron chi connectivity index (χ2n) is 10.00. The van der Waals surface area contributed by atoms with Crippen molar-refractivity contribution in [3.8, 4) is 11.1 Å². The van der Waals surface area contributed by atoms with Crippen LogP contribution in [0.1, 0.15) is 50.2 Å². The molecule has 2 amide bonds. The maximum Gasteiger partial charge on any atom is 0.407 e. The summed E-state index contributed by atoms with van der Waals surface area (Å²) >= 11 is 0. The summed E-state index contributed by atoms with van der Waals surface area (Å²) in [5.41, 5.74) is 4.63. The molecule has 186 valence electrons. The van der Waals surface area contributed by atoms with Crippen molar-refractivity contribution in [2.75, 3.05) is 19.7 Å². The number of fused-ring (bicyclic) bond motifs is 3. The first-order chi connectivity index (χ1) is 16.8. The molecule has 35 heavy (non-hydrogen) atoms. The van der Waals surface area contributed by atoms with Crippen LogP contribution in [-0.2, 0) is 14.3 Å². The molecule has 3 N–H and O–H groups in total. The molecule has 0 radical (unpaired) electrons. The maximum absolute atomic E-state index is 12.8. The van der Waals surface area contributed by atoms with E-state index >= 15 is 0 Å². The van der Waals surface area contributed by atoms with Gasteiger partial charge in [0.25, 0.3) is 0 Å². The third-order valence-electron chi connectivity index (χ3n) is 7.22. The molecule has 1 saturated carbocycles. The van der Waals surface area contributed by atoms with Crippen molar-refractivity contribution in [2.24, 2.45) is 23.7 Å². The van der Waals surface area contributed by atoms with Gasteiger partial charge in [0.15, 0.2) is 0 Å². The first kappa shape index (κ1) is 24.8. The third-order valence-corrected chi connectivity index (χ3v) is 7.22. The summed E-state index contributed by atoms with van der Waals surface area (Å²) in [5.74, 6) is -1.13. The first-order valence-electron chi connectivity index (χ1n) is 12.4. The highest BCUT2D eigenvalue weighted by molar-refractivity contribution is 5.80. The lowest BCUT2D eigenvalue weighted by Gasteiger charge is -2.23. The molecule has 0 saturated heterocycles. The zero-order valence-corrected chi connectivity index (χ0v) is 20.3. The Hall–Kier alpha value is -3.35. The Labute approximate surface area is 206 Å². The van der Waals surface area contributed by atoms with Crippen LogP contribution in [0.25, 0.3) is 11.1 Å². The van der Waals surface area contributed by atoms with Crippen LogP contribution in [0.15, 0.2) is 48.5 Å². The first-order valence-corrected chi connectivity index (χ1v) is 12.4. The van der Waals surface area contributed by atoms with E-state index in [2.05, 4.69) is 34.9 Å². The smallest absolute Gasteiger partial charge is 0.407 e. The van der Waals surface area contributed by atoms with Crippen molar-refractivity contribution in [1.82, 2.24) is 10.6 Å². The Morgan fingerprint density at radius 2 is 1.54 bits per heavy atom. The molecular weight excluding hydrogens is 444 g/mol. The molecular formula is C28H34N2O5. The van der Waals surface area contributed by atoms with Crippen molar-refractivity contribution in [1.29, 1.82) is 0 Å². The van der Waals surface area contributed by atoms with Gasteiger partial charge >= 0.3 is 12.1 Å². The largest absolute Gasteiger partial charge is 0.481 e. The van der Waals surface area contributed by atoms with E-state index < -0.39 is 18.0 Å². The average Bonchev–Trinajstić information content (AvgIpc) is 3.63. The van der Waals surface area contributed by atoms with E-state index in [0.717, 1.165) is 24.0 Å². The lowest BCUT2D eigenvalue weighted by Crippen LogP contribution is -2.43. The number of carbonyl (C=O) groups excluding carboxylic acids is 2. The number of hydrogen-bond acceptors (Lipinski definition) is 4. The summed E-state index contributed by atoms with van der Waals surface area (Å²) < 4.78 is 5.58. The fourth-order valence-corrected chi connectivity index (χ4v) is 5.03. The van der Waals surface area contributed by atoms with Crippen LogP contribution in [0.3, 0.4) is 0 Å². The molecule has 1 fully saturated rings. The second kappa shape index (κ2) is 10.9. The maximum atomic E-state index is 12.8. The highest BCUT2D eigenvalue weighted by Gasteiger charge is 2.34. The van der Waals surface area contributed by atoms with Crippen molar-refractivity contribution in [2.45, 2.75) is 39.0 Å². The zero-order chi connectivity index (χ0) is 24.9. The number of ether oxygens (including phenoxy) is 1. The molecule has 0 spiro atoms. The van der Waals surface area contributed by atoms with Crippen LogP contribution in [0, 0.1) is 23.7 Å². The molecule has 2 aliphatic carbocycles. The number of rotatable bonds is 11. The molecule has 0 aliphatic heterocycles. The summed E-state index contributed by atoms with van der Waals surface area (Å²) in [6.07, 6.45) is 1.55. The Balaban J connectivity index is 1.29. The number of hydrogen-bond donors (Lipinski definition) is 3. The lowest BCUT2D eigenvalue weighted by molar-refractivity contribution is -0.138. The van der Waals surface area contributed by atoms with Gasteiger partial charge in [-0.3, -0.25) is 9.59 Å². The van der Waals surface area contributed by atoms with Crippen LogP contribution < -0.4 is 10.6 Å². The standard InChI is InChI=1S/C28H34N2O5/c1-17(2)24(27(33)29-14-19(13-26(31)32)18-11-12-18)15-30-28(34)35-16-25-22-9-5-3-7-20(22)21-8-4-6-10-23(21)25/h3-10,17-19,24-25H,11-16H2,1-2H3,(H,29,33)(H,30,34)(H,31,32). The molecule has 0 aromatic heterocycles. The van der Waals surface area contributed by atoms with Crippen molar-refractivity contribution in [3.05, 3.63) is 59.7 Å². The molecule has 2 aliphatic rings. The van der Waals surface area contributed by atoms with E-state index in [4.69, 9.17) is 9.84 Å². The van der Waals surface area contributed by atoms with Gasteiger partial charge in [-0.25, -0.2) is 4.79 Å². The quantitative estimate of drug-likeness (QED) is 0.444. The van der Waals surface area contributed by atoms with Crippen LogP contribution in [-0.4, -0.2) is 42.8 Å². The molecule has 0 bridgehead atoms. The van der Waals surface area contributed by atoms with Gasteiger partial charge in [0.05, 0.1) is 12.3 Å². The van der Waals surface area contributed by atoms with E-state index in [1.165, 1.54) is 11.1 Å². The Morgan fingerprint density at radius 1 is 0.943 bits per heavy atom. The van der Waals surface area contributed by atoms with E-state index in [1.54, 1.807) is 0 Å². The minimum absolute atomic E-state index is 0.00253. The monoisotopic (exact) mass is 478 g/mol. The van der Waals surface area contributed by atoms with Crippen LogP contribution in [0.5, 0.6) is 0 Å². The third kappa shape index (κ3) is 6.02. The molecule has 2 unspecified atom stereocenters. The fraction of sp³-hybridized carbons (Fsp3) is 0.464. The highest BCUT2D eigenvalue weighted by atomic mass is 16.5. The normalized spacial score (nSPS) is 16.2. The van der Waals surface area contributed by atoms with Crippen molar-refractivity contribution in [3.63, 3.8) is 0 Å². The molecule has 2 atom stereocenters. The SMILES string of the molecule is CC(C)C(CNC(=O)OCC1c2ccccc2-c2ccccc21)C(=O)NCC(CC(=O)O)C1CC1. The van der Waals surface area contributed by atoms with E-state index in [9.17, 15) is 14.4 Å². The Bertz CT molecular complexity index is 1030. The van der Waals surface area contributed by atoms with Gasteiger partial charge in [-0.1, -0.05) is 62.4 Å². The number of amides is 2. The number of carbonyl (C=O) groups is 3. The molecule has 0 heterocycles. The predicted octanol–water partition coefficient (Wildman–Crippen LogP) is 4.41. The number of alkyl carbamates (subject to hydrolysis) is 1. The predicted molar refractivity (Wildman–Crippen MR) is 133 cm³/mol. The van der Waals surface area contributed by atoms with Crippen LogP contribution in [0.2, 0.25) is 0 Å². The fourth-order valence-electron chi connectivity index (χ4n) is 5.03. The Kier molecular flexibility index (Phi) is 7.73. The van der Waals surface area contributed by atoms with Crippen molar-refractivity contribution < 1.29 is 24.2 Å². The minimum Gasteiger partial charge on any atom is -0.481 e. The summed E-state index contributed by atoms with van der Waals surface area (Å²) in [7, 11) is 0. The van der Waals surface area contributed by atoms with E-state index in [0.29, 0.717) is 12.5 Å².